The molecular formula is C26H33N3O4S. The third kappa shape index (κ3) is 5.03. The van der Waals surface area contributed by atoms with Gasteiger partial charge in [0, 0.05) is 38.8 Å². The van der Waals surface area contributed by atoms with Crippen LogP contribution in [0.5, 0.6) is 0 Å². The van der Waals surface area contributed by atoms with E-state index in [1.54, 1.807) is 21.9 Å². The van der Waals surface area contributed by atoms with E-state index >= 15 is 0 Å². The Hall–Kier alpha value is -2.71. The molecule has 34 heavy (non-hydrogen) atoms. The second-order valence-electron chi connectivity index (χ2n) is 9.57. The van der Waals surface area contributed by atoms with Crippen molar-refractivity contribution < 1.29 is 18.0 Å². The molecule has 2 aliphatic rings. The zero-order valence-corrected chi connectivity index (χ0v) is 20.9. The summed E-state index contributed by atoms with van der Waals surface area (Å²) in [6, 6.07) is 14.9. The van der Waals surface area contributed by atoms with Gasteiger partial charge in [0.05, 0.1) is 4.90 Å². The minimum absolute atomic E-state index is 0.118. The number of aryl methyl sites for hydroxylation is 1. The van der Waals surface area contributed by atoms with Crippen molar-refractivity contribution in [1.82, 2.24) is 14.1 Å². The molecule has 0 N–H and O–H groups in total. The van der Waals surface area contributed by atoms with Gasteiger partial charge in [-0.2, -0.15) is 4.31 Å². The van der Waals surface area contributed by atoms with Crippen LogP contribution in [0.25, 0.3) is 0 Å². The Morgan fingerprint density at radius 2 is 1.47 bits per heavy atom. The fourth-order valence-corrected chi connectivity index (χ4v) is 6.14. The fraction of sp³-hybridized carbons (Fsp3) is 0.462. The topological polar surface area (TPSA) is 78.0 Å². The maximum Gasteiger partial charge on any atom is 0.312 e. The summed E-state index contributed by atoms with van der Waals surface area (Å²) in [5.74, 6) is -0.624. The van der Waals surface area contributed by atoms with Crippen LogP contribution in [-0.2, 0) is 26.2 Å². The van der Waals surface area contributed by atoms with E-state index in [0.717, 1.165) is 16.7 Å². The van der Waals surface area contributed by atoms with Crippen LogP contribution >= 0.6 is 0 Å². The van der Waals surface area contributed by atoms with Crippen molar-refractivity contribution in [2.45, 2.75) is 57.0 Å². The molecule has 0 aliphatic carbocycles. The van der Waals surface area contributed by atoms with Crippen molar-refractivity contribution in [2.24, 2.45) is 0 Å². The molecule has 0 spiro atoms. The zero-order chi connectivity index (χ0) is 24.5. The van der Waals surface area contributed by atoms with Crippen LogP contribution in [0.1, 0.15) is 49.3 Å². The highest BCUT2D eigenvalue weighted by molar-refractivity contribution is 7.89. The van der Waals surface area contributed by atoms with Crippen LogP contribution in [0.3, 0.4) is 0 Å². The highest BCUT2D eigenvalue weighted by Crippen LogP contribution is 2.26. The van der Waals surface area contributed by atoms with Gasteiger partial charge < -0.3 is 9.80 Å². The van der Waals surface area contributed by atoms with Crippen LogP contribution in [0.15, 0.2) is 53.4 Å². The normalized spacial score (nSPS) is 18.7. The minimum Gasteiger partial charge on any atom is -0.330 e. The summed E-state index contributed by atoms with van der Waals surface area (Å²) in [5, 5.41) is 0. The molecule has 7 nitrogen and oxygen atoms in total. The maximum absolute atomic E-state index is 13.1. The number of piperazine rings is 1. The molecule has 2 amide bonds. The SMILES string of the molecule is Cc1ccc(CN2CCN(C3CCN(S(=O)(=O)c4ccc(C(C)C)cc4)CC3)C(=O)C2=O)cc1. The lowest BCUT2D eigenvalue weighted by molar-refractivity contribution is -0.158. The summed E-state index contributed by atoms with van der Waals surface area (Å²) in [5.41, 5.74) is 3.25. The first kappa shape index (κ1) is 24.4. The van der Waals surface area contributed by atoms with Crippen molar-refractivity contribution in [3.63, 3.8) is 0 Å². The molecule has 0 aromatic heterocycles. The van der Waals surface area contributed by atoms with Crippen LogP contribution in [0.2, 0.25) is 0 Å². The number of hydrogen-bond acceptors (Lipinski definition) is 4. The van der Waals surface area contributed by atoms with Gasteiger partial charge in [-0.05, 0) is 48.9 Å². The molecule has 0 atom stereocenters. The smallest absolute Gasteiger partial charge is 0.312 e. The fourth-order valence-electron chi connectivity index (χ4n) is 4.67. The molecule has 0 radical (unpaired) electrons. The van der Waals surface area contributed by atoms with Gasteiger partial charge in [-0.1, -0.05) is 55.8 Å². The van der Waals surface area contributed by atoms with E-state index in [4.69, 9.17) is 0 Å². The van der Waals surface area contributed by atoms with Crippen LogP contribution < -0.4 is 0 Å². The predicted molar refractivity (Wildman–Crippen MR) is 131 cm³/mol. The highest BCUT2D eigenvalue weighted by atomic mass is 32.2. The lowest BCUT2D eigenvalue weighted by Gasteiger charge is -2.41. The number of amides is 2. The van der Waals surface area contributed by atoms with Gasteiger partial charge in [-0.3, -0.25) is 9.59 Å². The van der Waals surface area contributed by atoms with Gasteiger partial charge >= 0.3 is 11.8 Å². The van der Waals surface area contributed by atoms with E-state index < -0.39 is 21.8 Å². The summed E-state index contributed by atoms with van der Waals surface area (Å²) in [6.07, 6.45) is 1.06. The zero-order valence-electron chi connectivity index (χ0n) is 20.1. The molecule has 0 bridgehead atoms. The van der Waals surface area contributed by atoms with Crippen molar-refractivity contribution in [3.05, 3.63) is 65.2 Å². The van der Waals surface area contributed by atoms with E-state index in [2.05, 4.69) is 13.8 Å². The van der Waals surface area contributed by atoms with Gasteiger partial charge in [0.1, 0.15) is 0 Å². The lowest BCUT2D eigenvalue weighted by atomic mass is 10.0. The van der Waals surface area contributed by atoms with Crippen LogP contribution in [0, 0.1) is 6.92 Å². The average molecular weight is 484 g/mol. The first-order valence-corrected chi connectivity index (χ1v) is 13.4. The number of rotatable bonds is 6. The molecule has 2 heterocycles. The Balaban J connectivity index is 1.35. The first-order chi connectivity index (χ1) is 16.2. The maximum atomic E-state index is 13.1. The molecule has 2 aromatic rings. The summed E-state index contributed by atoms with van der Waals surface area (Å²) < 4.78 is 27.7. The van der Waals surface area contributed by atoms with Crippen molar-refractivity contribution in [3.8, 4) is 0 Å². The monoisotopic (exact) mass is 483 g/mol. The summed E-state index contributed by atoms with van der Waals surface area (Å²) >= 11 is 0. The molecule has 2 aromatic carbocycles. The molecule has 8 heteroatoms. The summed E-state index contributed by atoms with van der Waals surface area (Å²) in [6.45, 7) is 8.21. The minimum atomic E-state index is -3.57. The Bertz CT molecular complexity index is 1140. The molecule has 0 unspecified atom stereocenters. The largest absolute Gasteiger partial charge is 0.330 e. The van der Waals surface area contributed by atoms with Gasteiger partial charge in [-0.25, -0.2) is 8.42 Å². The second-order valence-corrected chi connectivity index (χ2v) is 11.5. The Morgan fingerprint density at radius 3 is 2.06 bits per heavy atom. The molecule has 0 saturated carbocycles. The Morgan fingerprint density at radius 1 is 0.853 bits per heavy atom. The van der Waals surface area contributed by atoms with Crippen molar-refractivity contribution >= 4 is 21.8 Å². The molecule has 2 aliphatic heterocycles. The van der Waals surface area contributed by atoms with E-state index in [1.807, 2.05) is 43.3 Å². The van der Waals surface area contributed by atoms with Crippen LogP contribution in [-0.4, -0.2) is 66.6 Å². The van der Waals surface area contributed by atoms with E-state index in [-0.39, 0.29) is 6.04 Å². The van der Waals surface area contributed by atoms with E-state index in [0.29, 0.717) is 56.4 Å². The molecule has 2 fully saturated rings. The molecule has 4 rings (SSSR count). The van der Waals surface area contributed by atoms with E-state index in [9.17, 15) is 18.0 Å². The van der Waals surface area contributed by atoms with E-state index in [1.165, 1.54) is 4.31 Å². The highest BCUT2D eigenvalue weighted by Gasteiger charge is 2.39. The molecule has 182 valence electrons. The number of carbonyl (C=O) groups excluding carboxylic acids is 2. The van der Waals surface area contributed by atoms with Gasteiger partial charge in [0.15, 0.2) is 0 Å². The summed E-state index contributed by atoms with van der Waals surface area (Å²) in [4.78, 5) is 29.2. The Kier molecular flexibility index (Phi) is 7.09. The quantitative estimate of drug-likeness (QED) is 0.592. The number of hydrogen-bond donors (Lipinski definition) is 0. The standard InChI is InChI=1S/C26H33N3O4S/c1-19(2)22-8-10-24(11-9-22)34(32,33)28-14-12-23(13-15-28)29-17-16-27(25(30)26(29)31)18-21-6-4-20(3)5-7-21/h4-11,19,23H,12-18H2,1-3H3. The van der Waals surface area contributed by atoms with Crippen molar-refractivity contribution in [1.29, 1.82) is 0 Å². The number of benzene rings is 2. The summed E-state index contributed by atoms with van der Waals surface area (Å²) in [7, 11) is -3.57. The number of carbonyl (C=O) groups is 2. The number of nitrogens with zero attached hydrogens (tertiary/aromatic N) is 3. The van der Waals surface area contributed by atoms with Gasteiger partial charge in [-0.15, -0.1) is 0 Å². The number of piperidine rings is 1. The Labute approximate surface area is 202 Å². The lowest BCUT2D eigenvalue weighted by Crippen LogP contribution is -2.58. The molecule has 2 saturated heterocycles. The van der Waals surface area contributed by atoms with Gasteiger partial charge in [0.2, 0.25) is 10.0 Å². The third-order valence-corrected chi connectivity index (χ3v) is 8.80. The van der Waals surface area contributed by atoms with Gasteiger partial charge in [0.25, 0.3) is 0 Å². The first-order valence-electron chi connectivity index (χ1n) is 11.9. The second kappa shape index (κ2) is 9.88. The molecular weight excluding hydrogens is 450 g/mol. The average Bonchev–Trinajstić information content (AvgIpc) is 2.83. The van der Waals surface area contributed by atoms with Crippen LogP contribution in [0.4, 0.5) is 0 Å². The van der Waals surface area contributed by atoms with Crippen molar-refractivity contribution in [2.75, 3.05) is 26.2 Å². The number of sulfonamides is 1. The predicted octanol–water partition coefficient (Wildman–Crippen LogP) is 3.14. The third-order valence-electron chi connectivity index (χ3n) is 6.88.